The van der Waals surface area contributed by atoms with Crippen molar-refractivity contribution in [2.75, 3.05) is 5.73 Å². The number of nitrogens with zero attached hydrogens (tertiary/aromatic N) is 2. The normalized spacial score (nSPS) is 10.0. The number of rotatable bonds is 5. The summed E-state index contributed by atoms with van der Waals surface area (Å²) in [7, 11) is 0. The van der Waals surface area contributed by atoms with Gasteiger partial charge < -0.3 is 22.6 Å². The number of aliphatic carboxylic acids is 1. The second-order valence-corrected chi connectivity index (χ2v) is 4.87. The molecule has 0 saturated heterocycles. The lowest BCUT2D eigenvalue weighted by atomic mass is 10.1. The van der Waals surface area contributed by atoms with E-state index in [9.17, 15) is 9.90 Å². The van der Waals surface area contributed by atoms with Gasteiger partial charge in [-0.15, -0.1) is 4.68 Å². The van der Waals surface area contributed by atoms with E-state index in [-0.39, 0.29) is 24.6 Å². The van der Waals surface area contributed by atoms with E-state index >= 15 is 0 Å². The van der Waals surface area contributed by atoms with E-state index in [1.807, 2.05) is 13.0 Å². The average molecular weight is 324 g/mol. The monoisotopic (exact) mass is 323 g/mol. The van der Waals surface area contributed by atoms with Gasteiger partial charge in [-0.2, -0.15) is 0 Å². The fourth-order valence-electron chi connectivity index (χ4n) is 2.02. The summed E-state index contributed by atoms with van der Waals surface area (Å²) in [5.41, 5.74) is 8.46. The highest BCUT2D eigenvalue weighted by atomic mass is 35.5. The zero-order chi connectivity index (χ0) is 15.4. The summed E-state index contributed by atoms with van der Waals surface area (Å²) in [6.07, 6.45) is 0.548. The third kappa shape index (κ3) is 4.33. The number of carbonyl (C=O) groups is 1. The number of benzene rings is 1. The maximum Gasteiger partial charge on any atom is 0.303 e. The van der Waals surface area contributed by atoms with Gasteiger partial charge >= 0.3 is 5.97 Å². The number of aromatic nitrogens is 2. The van der Waals surface area contributed by atoms with Gasteiger partial charge in [0.25, 0.3) is 5.82 Å². The molecule has 0 fully saturated rings. The number of hydrogen-bond acceptors (Lipinski definition) is 4. The van der Waals surface area contributed by atoms with Gasteiger partial charge in [-0.25, -0.2) is 0 Å². The molecule has 0 aliphatic heterocycles. The molecule has 0 bridgehead atoms. The number of aromatic hydroxyl groups is 1. The van der Waals surface area contributed by atoms with Crippen LogP contribution in [-0.2, 0) is 11.3 Å². The second kappa shape index (κ2) is 7.61. The van der Waals surface area contributed by atoms with Crippen LogP contribution in [0, 0.1) is 6.92 Å². The maximum absolute atomic E-state index is 10.6. The molecule has 118 valence electrons. The Morgan fingerprint density at radius 1 is 1.32 bits per heavy atom. The molecular formula is C15H18ClN3O3. The predicted molar refractivity (Wildman–Crippen MR) is 77.6 cm³/mol. The van der Waals surface area contributed by atoms with E-state index in [1.54, 1.807) is 28.9 Å². The zero-order valence-electron chi connectivity index (χ0n) is 12.2. The first-order valence-corrected chi connectivity index (χ1v) is 6.66. The lowest BCUT2D eigenvalue weighted by Crippen LogP contribution is -3.00. The van der Waals surface area contributed by atoms with Crippen molar-refractivity contribution in [3.05, 3.63) is 35.9 Å². The van der Waals surface area contributed by atoms with Gasteiger partial charge in [-0.3, -0.25) is 10.5 Å². The summed E-state index contributed by atoms with van der Waals surface area (Å²) in [4.78, 5) is 10.6. The minimum atomic E-state index is -0.833. The van der Waals surface area contributed by atoms with E-state index in [4.69, 9.17) is 10.8 Å². The van der Waals surface area contributed by atoms with Gasteiger partial charge in [0.05, 0.1) is 0 Å². The Morgan fingerprint density at radius 2 is 1.95 bits per heavy atom. The molecule has 1 heterocycles. The summed E-state index contributed by atoms with van der Waals surface area (Å²) in [5, 5.41) is 22.5. The van der Waals surface area contributed by atoms with Crippen molar-refractivity contribution < 1.29 is 32.1 Å². The van der Waals surface area contributed by atoms with Crippen LogP contribution in [0.1, 0.15) is 18.4 Å². The number of aryl methyl sites for hydroxylation is 2. The van der Waals surface area contributed by atoms with Crippen LogP contribution in [-0.4, -0.2) is 21.3 Å². The molecule has 0 unspecified atom stereocenters. The van der Waals surface area contributed by atoms with Crippen LogP contribution in [0.4, 0.5) is 5.82 Å². The SMILES string of the molecule is Cc1cc(-c2ccc(O)cc2)n[n+](CCCC(=O)O)c1N.[Cl-]. The minimum Gasteiger partial charge on any atom is -1.00 e. The molecule has 4 N–H and O–H groups in total. The summed E-state index contributed by atoms with van der Waals surface area (Å²) in [6, 6.07) is 8.61. The van der Waals surface area contributed by atoms with E-state index in [1.165, 1.54) is 0 Å². The Morgan fingerprint density at radius 3 is 2.55 bits per heavy atom. The van der Waals surface area contributed by atoms with Gasteiger partial charge in [0, 0.05) is 17.5 Å². The summed E-state index contributed by atoms with van der Waals surface area (Å²) in [5.74, 6) is -0.108. The first-order chi connectivity index (χ1) is 9.97. The quantitative estimate of drug-likeness (QED) is 0.582. The smallest absolute Gasteiger partial charge is 0.303 e. The lowest BCUT2D eigenvalue weighted by molar-refractivity contribution is -0.740. The van der Waals surface area contributed by atoms with Crippen molar-refractivity contribution in [1.29, 1.82) is 0 Å². The number of carboxylic acids is 1. The van der Waals surface area contributed by atoms with E-state index in [2.05, 4.69) is 5.10 Å². The fraction of sp³-hybridized carbons (Fsp3) is 0.267. The molecule has 0 aliphatic carbocycles. The molecule has 22 heavy (non-hydrogen) atoms. The first-order valence-electron chi connectivity index (χ1n) is 6.66. The highest BCUT2D eigenvalue weighted by Gasteiger charge is 2.14. The van der Waals surface area contributed by atoms with Crippen LogP contribution in [0.5, 0.6) is 5.75 Å². The molecule has 0 atom stereocenters. The largest absolute Gasteiger partial charge is 1.00 e. The van der Waals surface area contributed by atoms with E-state index in [0.29, 0.717) is 18.8 Å². The van der Waals surface area contributed by atoms with Crippen molar-refractivity contribution >= 4 is 11.8 Å². The van der Waals surface area contributed by atoms with Crippen LogP contribution < -0.4 is 22.8 Å². The first kappa shape index (κ1) is 17.7. The topological polar surface area (TPSA) is 100 Å². The predicted octanol–water partition coefficient (Wildman–Crippen LogP) is -1.50. The number of phenols is 1. The van der Waals surface area contributed by atoms with Crippen LogP contribution in [0.2, 0.25) is 0 Å². The summed E-state index contributed by atoms with van der Waals surface area (Å²) in [6.45, 7) is 2.33. The molecule has 2 aromatic rings. The molecule has 2 rings (SSSR count). The molecule has 1 aromatic carbocycles. The van der Waals surface area contributed by atoms with Crippen LogP contribution in [0.15, 0.2) is 30.3 Å². The molecular weight excluding hydrogens is 306 g/mol. The van der Waals surface area contributed by atoms with Crippen molar-refractivity contribution in [3.63, 3.8) is 0 Å². The highest BCUT2D eigenvalue weighted by Crippen LogP contribution is 2.21. The van der Waals surface area contributed by atoms with Gasteiger partial charge in [0.1, 0.15) is 18.0 Å². The molecule has 0 aliphatic rings. The molecule has 7 heteroatoms. The van der Waals surface area contributed by atoms with Crippen LogP contribution in [0.25, 0.3) is 11.3 Å². The van der Waals surface area contributed by atoms with E-state index < -0.39 is 5.97 Å². The standard InChI is InChI=1S/C15H17N3O3.ClH/c1-10-9-13(11-4-6-12(19)7-5-11)17-18(15(10)16)8-2-3-14(20)21;/h4-7,9,16H,2-3,8H2,1H3,(H2,17,19,20,21);1H. The fourth-order valence-corrected chi connectivity index (χ4v) is 2.02. The molecule has 0 amide bonds. The number of phenolic OH excluding ortho intramolecular Hbond substituents is 1. The molecule has 6 nitrogen and oxygen atoms in total. The Balaban J connectivity index is 0.00000242. The van der Waals surface area contributed by atoms with Gasteiger partial charge in [0.2, 0.25) is 0 Å². The van der Waals surface area contributed by atoms with Gasteiger partial charge in [-0.1, -0.05) is 5.10 Å². The Kier molecular flexibility index (Phi) is 6.12. The number of nitrogens with two attached hydrogens (primary N) is 1. The molecule has 0 spiro atoms. The van der Waals surface area contributed by atoms with Gasteiger partial charge in [0.15, 0.2) is 0 Å². The Hall–Kier alpha value is -2.34. The van der Waals surface area contributed by atoms with Crippen molar-refractivity contribution in [2.45, 2.75) is 26.3 Å². The minimum absolute atomic E-state index is 0. The number of anilines is 1. The van der Waals surface area contributed by atoms with Crippen molar-refractivity contribution in [1.82, 2.24) is 5.10 Å². The third-order valence-corrected chi connectivity index (χ3v) is 3.19. The second-order valence-electron chi connectivity index (χ2n) is 4.87. The zero-order valence-corrected chi connectivity index (χ0v) is 12.9. The lowest BCUT2D eigenvalue weighted by Gasteiger charge is -2.07. The summed E-state index contributed by atoms with van der Waals surface area (Å²) < 4.78 is 1.63. The van der Waals surface area contributed by atoms with E-state index in [0.717, 1.165) is 16.8 Å². The van der Waals surface area contributed by atoms with Crippen LogP contribution in [0.3, 0.4) is 0 Å². The van der Waals surface area contributed by atoms with Crippen LogP contribution >= 0.6 is 0 Å². The number of nitrogen functional groups attached to an aromatic ring is 1. The number of carboxylic acid groups (broad SMARTS) is 1. The highest BCUT2D eigenvalue weighted by molar-refractivity contribution is 5.66. The maximum atomic E-state index is 10.6. The average Bonchev–Trinajstić information content (AvgIpc) is 2.43. The van der Waals surface area contributed by atoms with Gasteiger partial charge in [-0.05, 0) is 43.7 Å². The van der Waals surface area contributed by atoms with Crippen molar-refractivity contribution in [2.24, 2.45) is 0 Å². The third-order valence-electron chi connectivity index (χ3n) is 3.19. The molecule has 0 saturated carbocycles. The Labute approximate surface area is 134 Å². The molecule has 0 radical (unpaired) electrons. The Bertz CT molecular complexity index is 660. The summed E-state index contributed by atoms with van der Waals surface area (Å²) >= 11 is 0. The molecule has 1 aromatic heterocycles. The number of halogens is 1. The van der Waals surface area contributed by atoms with Crippen molar-refractivity contribution in [3.8, 4) is 17.0 Å². The number of hydrogen-bond donors (Lipinski definition) is 3.